The van der Waals surface area contributed by atoms with E-state index in [9.17, 15) is 0 Å². The first kappa shape index (κ1) is 9.89. The summed E-state index contributed by atoms with van der Waals surface area (Å²) in [4.78, 5) is 0. The van der Waals surface area contributed by atoms with E-state index in [1.807, 2.05) is 0 Å². The van der Waals surface area contributed by atoms with Crippen LogP contribution in [0.25, 0.3) is 0 Å². The van der Waals surface area contributed by atoms with Crippen molar-refractivity contribution < 1.29 is 0 Å². The van der Waals surface area contributed by atoms with Gasteiger partial charge >= 0.3 is 0 Å². The van der Waals surface area contributed by atoms with Crippen molar-refractivity contribution in [3.63, 3.8) is 0 Å². The normalized spacial score (nSPS) is 32.2. The quantitative estimate of drug-likeness (QED) is 0.660. The Morgan fingerprint density at radius 3 is 2.56 bits per heavy atom. The van der Waals surface area contributed by atoms with Gasteiger partial charge in [0.05, 0.1) is 0 Å². The molecule has 82 valence electrons. The molecule has 0 saturated carbocycles. The third-order valence-corrected chi connectivity index (χ3v) is 4.59. The number of hydrogen-bond acceptors (Lipinski definition) is 0. The topological polar surface area (TPSA) is 0 Å². The number of fused-ring (bicyclic) bond motifs is 1. The van der Waals surface area contributed by atoms with Gasteiger partial charge in [0.2, 0.25) is 0 Å². The van der Waals surface area contributed by atoms with Gasteiger partial charge in [-0.25, -0.2) is 0 Å². The molecule has 0 heteroatoms. The molecule has 3 rings (SSSR count). The van der Waals surface area contributed by atoms with Gasteiger partial charge in [-0.2, -0.15) is 0 Å². The van der Waals surface area contributed by atoms with Gasteiger partial charge in [-0.3, -0.25) is 0 Å². The molecule has 0 saturated heterocycles. The van der Waals surface area contributed by atoms with Crippen LogP contribution in [0.5, 0.6) is 0 Å². The van der Waals surface area contributed by atoms with E-state index in [-0.39, 0.29) is 0 Å². The molecule has 0 aliphatic heterocycles. The number of rotatable bonds is 1. The molecule has 0 radical (unpaired) electrons. The maximum absolute atomic E-state index is 2.42. The Kier molecular flexibility index (Phi) is 2.07. The van der Waals surface area contributed by atoms with E-state index in [2.05, 4.69) is 62.4 Å². The minimum Gasteiger partial charge on any atom is -0.0767 e. The Bertz CT molecular complexity index is 455. The Labute approximate surface area is 97.7 Å². The molecule has 16 heavy (non-hydrogen) atoms. The van der Waals surface area contributed by atoms with E-state index in [0.29, 0.717) is 11.3 Å². The van der Waals surface area contributed by atoms with Crippen molar-refractivity contribution in [1.82, 2.24) is 0 Å². The average molecular weight is 210 g/mol. The van der Waals surface area contributed by atoms with Gasteiger partial charge in [-0.15, -0.1) is 0 Å². The second kappa shape index (κ2) is 3.35. The molecule has 0 bridgehead atoms. The Morgan fingerprint density at radius 2 is 1.81 bits per heavy atom. The maximum atomic E-state index is 2.42. The lowest BCUT2D eigenvalue weighted by molar-refractivity contribution is 0.298. The Balaban J connectivity index is 2.13. The molecule has 0 fully saturated rings. The first-order valence-electron chi connectivity index (χ1n) is 6.16. The average Bonchev–Trinajstić information content (AvgIpc) is 2.89. The highest BCUT2D eigenvalue weighted by Gasteiger charge is 2.44. The monoisotopic (exact) mass is 210 g/mol. The first-order chi connectivity index (χ1) is 7.73. The van der Waals surface area contributed by atoms with Gasteiger partial charge in [0.1, 0.15) is 0 Å². The van der Waals surface area contributed by atoms with E-state index in [4.69, 9.17) is 0 Å². The summed E-state index contributed by atoms with van der Waals surface area (Å²) in [5, 5.41) is 0. The van der Waals surface area contributed by atoms with E-state index in [1.54, 1.807) is 11.1 Å². The molecule has 2 aliphatic rings. The van der Waals surface area contributed by atoms with E-state index >= 15 is 0 Å². The lowest BCUT2D eigenvalue weighted by atomic mass is 9.68. The zero-order valence-electron chi connectivity index (χ0n) is 9.98. The third-order valence-electron chi connectivity index (χ3n) is 4.59. The summed E-state index contributed by atoms with van der Waals surface area (Å²) < 4.78 is 0. The van der Waals surface area contributed by atoms with Crippen LogP contribution in [-0.4, -0.2) is 0 Å². The van der Waals surface area contributed by atoms with Crippen LogP contribution in [-0.2, 0) is 11.8 Å². The minimum absolute atomic E-state index is 0.292. The number of allylic oxidation sites excluding steroid dienone is 4. The van der Waals surface area contributed by atoms with Crippen molar-refractivity contribution in [2.45, 2.75) is 25.7 Å². The Morgan fingerprint density at radius 1 is 1.12 bits per heavy atom. The summed E-state index contributed by atoms with van der Waals surface area (Å²) >= 11 is 0. The third kappa shape index (κ3) is 1.16. The molecule has 2 unspecified atom stereocenters. The molecular formula is C16H18. The SMILES string of the molecule is CC1Cc2ccccc2C1(C)C1C=CC=C1. The predicted molar refractivity (Wildman–Crippen MR) is 68.4 cm³/mol. The van der Waals surface area contributed by atoms with Gasteiger partial charge < -0.3 is 0 Å². The summed E-state index contributed by atoms with van der Waals surface area (Å²) in [5.74, 6) is 1.30. The number of benzene rings is 1. The summed E-state index contributed by atoms with van der Waals surface area (Å²) in [6, 6.07) is 8.95. The first-order valence-corrected chi connectivity index (χ1v) is 6.16. The second-order valence-electron chi connectivity index (χ2n) is 5.34. The standard InChI is InChI=1S/C16H18/c1-12-11-13-7-3-6-10-15(13)16(12,2)14-8-4-5-9-14/h3-10,12,14H,11H2,1-2H3. The molecular weight excluding hydrogens is 192 g/mol. The van der Waals surface area contributed by atoms with Gasteiger partial charge in [-0.05, 0) is 23.5 Å². The van der Waals surface area contributed by atoms with Crippen LogP contribution in [0.1, 0.15) is 25.0 Å². The van der Waals surface area contributed by atoms with Crippen LogP contribution in [0.15, 0.2) is 48.6 Å². The molecule has 2 aliphatic carbocycles. The Hall–Kier alpha value is -1.30. The van der Waals surface area contributed by atoms with Crippen LogP contribution < -0.4 is 0 Å². The highest BCUT2D eigenvalue weighted by Crippen LogP contribution is 2.49. The van der Waals surface area contributed by atoms with Crippen molar-refractivity contribution in [2.75, 3.05) is 0 Å². The van der Waals surface area contributed by atoms with Crippen molar-refractivity contribution in [1.29, 1.82) is 0 Å². The van der Waals surface area contributed by atoms with Crippen LogP contribution >= 0.6 is 0 Å². The van der Waals surface area contributed by atoms with Gasteiger partial charge in [0, 0.05) is 11.3 Å². The molecule has 0 N–H and O–H groups in total. The second-order valence-corrected chi connectivity index (χ2v) is 5.34. The summed E-state index contributed by atoms with van der Waals surface area (Å²) in [6.45, 7) is 4.81. The van der Waals surface area contributed by atoms with Crippen LogP contribution in [0.3, 0.4) is 0 Å². The fourth-order valence-corrected chi connectivity index (χ4v) is 3.37. The molecule has 0 nitrogen and oxygen atoms in total. The predicted octanol–water partition coefficient (Wildman–Crippen LogP) is 3.88. The van der Waals surface area contributed by atoms with Crippen molar-refractivity contribution in [3.05, 3.63) is 59.7 Å². The summed E-state index contributed by atoms with van der Waals surface area (Å²) in [6.07, 6.45) is 10.3. The van der Waals surface area contributed by atoms with Gasteiger partial charge in [-0.1, -0.05) is 62.4 Å². The lowest BCUT2D eigenvalue weighted by Crippen LogP contribution is -2.32. The van der Waals surface area contributed by atoms with Gasteiger partial charge in [0.25, 0.3) is 0 Å². The van der Waals surface area contributed by atoms with E-state index in [0.717, 1.165) is 5.92 Å². The zero-order chi connectivity index (χ0) is 11.2. The smallest absolute Gasteiger partial charge is 0.00537 e. The van der Waals surface area contributed by atoms with E-state index < -0.39 is 0 Å². The fraction of sp³-hybridized carbons (Fsp3) is 0.375. The highest BCUT2D eigenvalue weighted by atomic mass is 14.5. The van der Waals surface area contributed by atoms with Gasteiger partial charge in [0.15, 0.2) is 0 Å². The van der Waals surface area contributed by atoms with E-state index in [1.165, 1.54) is 6.42 Å². The summed E-state index contributed by atoms with van der Waals surface area (Å²) in [7, 11) is 0. The van der Waals surface area contributed by atoms with Crippen molar-refractivity contribution in [2.24, 2.45) is 11.8 Å². The molecule has 1 aromatic carbocycles. The molecule has 0 aromatic heterocycles. The van der Waals surface area contributed by atoms with Crippen molar-refractivity contribution >= 4 is 0 Å². The maximum Gasteiger partial charge on any atom is 0.00537 e. The fourth-order valence-electron chi connectivity index (χ4n) is 3.37. The molecule has 0 spiro atoms. The van der Waals surface area contributed by atoms with Crippen LogP contribution in [0, 0.1) is 11.8 Å². The van der Waals surface area contributed by atoms with Crippen LogP contribution in [0.4, 0.5) is 0 Å². The molecule has 1 aromatic rings. The highest BCUT2D eigenvalue weighted by molar-refractivity contribution is 5.44. The van der Waals surface area contributed by atoms with Crippen molar-refractivity contribution in [3.8, 4) is 0 Å². The summed E-state index contributed by atoms with van der Waals surface area (Å²) in [5.41, 5.74) is 3.40. The molecule has 2 atom stereocenters. The molecule has 0 heterocycles. The zero-order valence-corrected chi connectivity index (χ0v) is 9.98. The molecule has 0 amide bonds. The number of hydrogen-bond donors (Lipinski definition) is 0. The lowest BCUT2D eigenvalue weighted by Gasteiger charge is -2.35. The largest absolute Gasteiger partial charge is 0.0767 e. The van der Waals surface area contributed by atoms with Crippen LogP contribution in [0.2, 0.25) is 0 Å². The minimum atomic E-state index is 0.292.